The predicted molar refractivity (Wildman–Crippen MR) is 96.8 cm³/mol. The van der Waals surface area contributed by atoms with Crippen LogP contribution in [0.5, 0.6) is 0 Å². The van der Waals surface area contributed by atoms with Crippen LogP contribution in [0, 0.1) is 11.6 Å². The lowest BCUT2D eigenvalue weighted by Crippen LogP contribution is -2.51. The molecule has 2 aromatic rings. The molecule has 1 fully saturated rings. The average molecular weight is 344 g/mol. The summed E-state index contributed by atoms with van der Waals surface area (Å²) in [6.45, 7) is 3.78. The summed E-state index contributed by atoms with van der Waals surface area (Å²) in [7, 11) is 0. The van der Waals surface area contributed by atoms with Gasteiger partial charge in [-0.15, -0.1) is 0 Å². The molecule has 0 aromatic heterocycles. The second kappa shape index (κ2) is 7.96. The zero-order valence-electron chi connectivity index (χ0n) is 14.0. The van der Waals surface area contributed by atoms with E-state index in [0.717, 1.165) is 43.9 Å². The molecule has 25 heavy (non-hydrogen) atoms. The lowest BCUT2D eigenvalue weighted by atomic mass is 10.1. The number of hydrogen-bond donors (Lipinski definition) is 1. The van der Waals surface area contributed by atoms with Gasteiger partial charge in [0.15, 0.2) is 5.96 Å². The quantitative estimate of drug-likeness (QED) is 0.685. The van der Waals surface area contributed by atoms with Gasteiger partial charge in [0.2, 0.25) is 0 Å². The van der Waals surface area contributed by atoms with Crippen molar-refractivity contribution >= 4 is 11.6 Å². The first kappa shape index (κ1) is 17.2. The van der Waals surface area contributed by atoms with Gasteiger partial charge in [-0.2, -0.15) is 0 Å². The highest BCUT2D eigenvalue weighted by molar-refractivity contribution is 5.78. The van der Waals surface area contributed by atoms with Crippen LogP contribution in [0.15, 0.2) is 53.5 Å². The number of nitrogens with two attached hydrogens (primary N) is 1. The first-order chi connectivity index (χ1) is 12.1. The van der Waals surface area contributed by atoms with E-state index in [2.05, 4.69) is 14.8 Å². The molecule has 0 spiro atoms. The van der Waals surface area contributed by atoms with Crippen LogP contribution in [0.2, 0.25) is 0 Å². The fourth-order valence-electron chi connectivity index (χ4n) is 2.90. The fourth-order valence-corrected chi connectivity index (χ4v) is 2.90. The Hall–Kier alpha value is -2.63. The summed E-state index contributed by atoms with van der Waals surface area (Å²) >= 11 is 0. The molecule has 0 aliphatic carbocycles. The van der Waals surface area contributed by atoms with Crippen LogP contribution in [0.4, 0.5) is 14.5 Å². The van der Waals surface area contributed by atoms with Crippen molar-refractivity contribution in [3.05, 3.63) is 65.7 Å². The van der Waals surface area contributed by atoms with E-state index >= 15 is 0 Å². The third kappa shape index (κ3) is 4.68. The van der Waals surface area contributed by atoms with E-state index < -0.39 is 0 Å². The molecule has 4 nitrogen and oxygen atoms in total. The van der Waals surface area contributed by atoms with Gasteiger partial charge < -0.3 is 15.5 Å². The van der Waals surface area contributed by atoms with Gasteiger partial charge in [0.05, 0.1) is 0 Å². The third-order valence-corrected chi connectivity index (χ3v) is 4.38. The topological polar surface area (TPSA) is 44.9 Å². The second-order valence-corrected chi connectivity index (χ2v) is 6.07. The van der Waals surface area contributed by atoms with E-state index in [4.69, 9.17) is 5.73 Å². The number of rotatable bonds is 4. The van der Waals surface area contributed by atoms with Gasteiger partial charge in [0.25, 0.3) is 0 Å². The first-order valence-corrected chi connectivity index (χ1v) is 8.41. The van der Waals surface area contributed by atoms with Crippen LogP contribution < -0.4 is 10.6 Å². The maximum absolute atomic E-state index is 13.0. The Balaban J connectivity index is 1.48. The number of guanidine groups is 1. The van der Waals surface area contributed by atoms with E-state index in [1.54, 1.807) is 24.3 Å². The summed E-state index contributed by atoms with van der Waals surface area (Å²) in [5, 5.41) is 0. The monoisotopic (exact) mass is 344 g/mol. The largest absolute Gasteiger partial charge is 0.370 e. The molecule has 0 atom stereocenters. The van der Waals surface area contributed by atoms with Crippen molar-refractivity contribution in [3.63, 3.8) is 0 Å². The number of anilines is 1. The van der Waals surface area contributed by atoms with E-state index in [1.807, 2.05) is 0 Å². The molecule has 1 aliphatic heterocycles. The van der Waals surface area contributed by atoms with Gasteiger partial charge in [-0.1, -0.05) is 12.1 Å². The Morgan fingerprint density at radius 1 is 0.880 bits per heavy atom. The Morgan fingerprint density at radius 3 is 2.04 bits per heavy atom. The number of halogens is 2. The van der Waals surface area contributed by atoms with Crippen LogP contribution in [0.3, 0.4) is 0 Å². The molecule has 0 amide bonds. The van der Waals surface area contributed by atoms with Crippen LogP contribution >= 0.6 is 0 Å². The summed E-state index contributed by atoms with van der Waals surface area (Å²) in [6, 6.07) is 13.0. The molecule has 1 saturated heterocycles. The average Bonchev–Trinajstić information content (AvgIpc) is 2.64. The van der Waals surface area contributed by atoms with Crippen molar-refractivity contribution in [3.8, 4) is 0 Å². The van der Waals surface area contributed by atoms with Crippen LogP contribution in [0.25, 0.3) is 0 Å². The van der Waals surface area contributed by atoms with Crippen molar-refractivity contribution in [2.75, 3.05) is 37.6 Å². The van der Waals surface area contributed by atoms with Gasteiger partial charge in [-0.05, 0) is 48.4 Å². The highest BCUT2D eigenvalue weighted by Crippen LogP contribution is 2.16. The summed E-state index contributed by atoms with van der Waals surface area (Å²) in [5.41, 5.74) is 8.15. The molecule has 2 N–H and O–H groups in total. The van der Waals surface area contributed by atoms with Gasteiger partial charge in [-0.25, -0.2) is 8.78 Å². The molecule has 0 saturated carbocycles. The Labute approximate surface area is 146 Å². The molecular formula is C19H22F2N4. The minimum Gasteiger partial charge on any atom is -0.370 e. The zero-order chi connectivity index (χ0) is 17.6. The van der Waals surface area contributed by atoms with Gasteiger partial charge in [0, 0.05) is 38.4 Å². The number of hydrogen-bond acceptors (Lipinski definition) is 2. The number of piperazine rings is 1. The second-order valence-electron chi connectivity index (χ2n) is 6.07. The Bertz CT molecular complexity index is 705. The lowest BCUT2D eigenvalue weighted by Gasteiger charge is -2.36. The van der Waals surface area contributed by atoms with Gasteiger partial charge >= 0.3 is 0 Å². The van der Waals surface area contributed by atoms with E-state index in [0.29, 0.717) is 12.5 Å². The number of aliphatic imine (C=N–C) groups is 1. The van der Waals surface area contributed by atoms with Gasteiger partial charge in [-0.3, -0.25) is 4.99 Å². The highest BCUT2D eigenvalue weighted by Gasteiger charge is 2.18. The smallest absolute Gasteiger partial charge is 0.191 e. The Kier molecular flexibility index (Phi) is 5.48. The van der Waals surface area contributed by atoms with Crippen LogP contribution in [0.1, 0.15) is 5.56 Å². The molecule has 6 heteroatoms. The maximum Gasteiger partial charge on any atom is 0.191 e. The van der Waals surface area contributed by atoms with E-state index in [-0.39, 0.29) is 11.6 Å². The minimum atomic E-state index is -0.231. The lowest BCUT2D eigenvalue weighted by molar-refractivity contribution is 0.381. The molecule has 1 aliphatic rings. The highest BCUT2D eigenvalue weighted by atomic mass is 19.1. The molecule has 1 heterocycles. The summed E-state index contributed by atoms with van der Waals surface area (Å²) in [5.74, 6) is 0.0894. The van der Waals surface area contributed by atoms with Crippen molar-refractivity contribution in [2.24, 2.45) is 10.7 Å². The number of benzene rings is 2. The molecule has 132 valence electrons. The molecule has 0 unspecified atom stereocenters. The van der Waals surface area contributed by atoms with Gasteiger partial charge in [0.1, 0.15) is 11.6 Å². The molecule has 2 aromatic carbocycles. The van der Waals surface area contributed by atoms with E-state index in [9.17, 15) is 8.78 Å². The minimum absolute atomic E-state index is 0.222. The third-order valence-electron chi connectivity index (χ3n) is 4.38. The molecule has 0 bridgehead atoms. The summed E-state index contributed by atoms with van der Waals surface area (Å²) in [6.07, 6.45) is 0.733. The van der Waals surface area contributed by atoms with Crippen molar-refractivity contribution in [1.82, 2.24) is 4.90 Å². The van der Waals surface area contributed by atoms with Crippen LogP contribution in [-0.2, 0) is 6.42 Å². The molecular weight excluding hydrogens is 322 g/mol. The first-order valence-electron chi connectivity index (χ1n) is 8.41. The maximum atomic E-state index is 13.0. The predicted octanol–water partition coefficient (Wildman–Crippen LogP) is 2.64. The number of nitrogens with zero attached hydrogens (tertiary/aromatic N) is 3. The Morgan fingerprint density at radius 2 is 1.44 bits per heavy atom. The summed E-state index contributed by atoms with van der Waals surface area (Å²) in [4.78, 5) is 8.70. The van der Waals surface area contributed by atoms with E-state index in [1.165, 1.54) is 24.3 Å². The normalized spacial score (nSPS) is 15.5. The standard InChI is InChI=1S/C19H22F2N4/c20-16-3-1-15(2-4-16)9-10-23-19(22)25-13-11-24(12-14-25)18-7-5-17(21)6-8-18/h1-8H,9-14H2,(H2,22,23). The SMILES string of the molecule is NC(=NCCc1ccc(F)cc1)N1CCN(c2ccc(F)cc2)CC1. The fraction of sp³-hybridized carbons (Fsp3) is 0.316. The molecule has 0 radical (unpaired) electrons. The van der Waals surface area contributed by atoms with Crippen molar-refractivity contribution < 1.29 is 8.78 Å². The summed E-state index contributed by atoms with van der Waals surface area (Å²) < 4.78 is 25.9. The van der Waals surface area contributed by atoms with Crippen LogP contribution in [-0.4, -0.2) is 43.6 Å². The van der Waals surface area contributed by atoms with Crippen molar-refractivity contribution in [1.29, 1.82) is 0 Å². The van der Waals surface area contributed by atoms with Crippen molar-refractivity contribution in [2.45, 2.75) is 6.42 Å². The zero-order valence-corrected chi connectivity index (χ0v) is 14.0. The molecule has 3 rings (SSSR count).